The maximum Gasteiger partial charge on any atom is 0.323 e. The van der Waals surface area contributed by atoms with Gasteiger partial charge in [0.2, 0.25) is 0 Å². The van der Waals surface area contributed by atoms with Gasteiger partial charge in [-0.05, 0) is 42.9 Å². The third-order valence-corrected chi connectivity index (χ3v) is 7.05. The van der Waals surface area contributed by atoms with Crippen molar-refractivity contribution in [3.63, 3.8) is 0 Å². The summed E-state index contributed by atoms with van der Waals surface area (Å²) in [6, 6.07) is 3.69. The van der Waals surface area contributed by atoms with E-state index in [1.807, 2.05) is 13.0 Å². The first-order valence-corrected chi connectivity index (χ1v) is 11.6. The van der Waals surface area contributed by atoms with E-state index >= 15 is 0 Å². The van der Waals surface area contributed by atoms with Gasteiger partial charge in [0.15, 0.2) is 0 Å². The van der Waals surface area contributed by atoms with Gasteiger partial charge in [-0.2, -0.15) is 0 Å². The van der Waals surface area contributed by atoms with Gasteiger partial charge in [0, 0.05) is 19.3 Å². The first kappa shape index (κ1) is 22.5. The molecule has 2 atom stereocenters. The number of carboxylic acids is 1. The summed E-state index contributed by atoms with van der Waals surface area (Å²) >= 11 is 6.20. The van der Waals surface area contributed by atoms with Gasteiger partial charge in [-0.15, -0.1) is 0 Å². The van der Waals surface area contributed by atoms with Crippen molar-refractivity contribution in [1.82, 2.24) is 14.3 Å². The van der Waals surface area contributed by atoms with Crippen molar-refractivity contribution in [2.24, 2.45) is 11.8 Å². The number of piperidine rings is 1. The Labute approximate surface area is 194 Å². The number of rotatable bonds is 4. The number of fused-ring (bicyclic) bond motifs is 1. The molecule has 4 heterocycles. The Morgan fingerprint density at radius 1 is 1.31 bits per heavy atom. The molecule has 2 aromatic rings. The number of anilines is 1. The molecule has 2 fully saturated rings. The number of nitrogens with zero attached hydrogens (tertiary/aromatic N) is 4. The van der Waals surface area contributed by atoms with Crippen LogP contribution in [0.1, 0.15) is 31.4 Å². The van der Waals surface area contributed by atoms with Crippen molar-refractivity contribution in [2.45, 2.75) is 27.2 Å². The van der Waals surface area contributed by atoms with Gasteiger partial charge in [0.25, 0.3) is 11.5 Å². The molecule has 0 spiro atoms. The molecule has 2 saturated heterocycles. The van der Waals surface area contributed by atoms with Crippen LogP contribution in [0.25, 0.3) is 11.7 Å². The number of pyridine rings is 1. The highest BCUT2D eigenvalue weighted by Gasteiger charge is 2.34. The van der Waals surface area contributed by atoms with Crippen LogP contribution in [-0.2, 0) is 9.59 Å². The van der Waals surface area contributed by atoms with E-state index in [9.17, 15) is 14.4 Å². The van der Waals surface area contributed by atoms with Crippen LogP contribution >= 0.6 is 24.0 Å². The van der Waals surface area contributed by atoms with Crippen LogP contribution in [0.3, 0.4) is 0 Å². The lowest BCUT2D eigenvalue weighted by molar-refractivity contribution is -0.140. The summed E-state index contributed by atoms with van der Waals surface area (Å²) in [7, 11) is 0. The summed E-state index contributed by atoms with van der Waals surface area (Å²) in [5, 5.41) is 9.09. The zero-order chi connectivity index (χ0) is 23.2. The summed E-state index contributed by atoms with van der Waals surface area (Å²) in [4.78, 5) is 45.7. The van der Waals surface area contributed by atoms with Crippen LogP contribution in [0.2, 0.25) is 0 Å². The van der Waals surface area contributed by atoms with Crippen LogP contribution < -0.4 is 10.5 Å². The molecule has 0 aromatic carbocycles. The fraction of sp³-hybridized carbons (Fsp3) is 0.409. The fourth-order valence-corrected chi connectivity index (χ4v) is 5.64. The number of hydrogen-bond acceptors (Lipinski definition) is 7. The molecule has 2 aliphatic heterocycles. The van der Waals surface area contributed by atoms with Gasteiger partial charge in [0.05, 0.1) is 10.5 Å². The Balaban J connectivity index is 1.88. The second kappa shape index (κ2) is 8.67. The highest BCUT2D eigenvalue weighted by atomic mass is 32.2. The minimum atomic E-state index is -1.15. The lowest BCUT2D eigenvalue weighted by Gasteiger charge is -2.36. The minimum Gasteiger partial charge on any atom is -0.480 e. The van der Waals surface area contributed by atoms with E-state index < -0.39 is 18.4 Å². The zero-order valence-corrected chi connectivity index (χ0v) is 19.7. The lowest BCUT2D eigenvalue weighted by Crippen LogP contribution is -2.40. The molecular weight excluding hydrogens is 448 g/mol. The first-order chi connectivity index (χ1) is 15.2. The van der Waals surface area contributed by atoms with E-state index in [2.05, 4.69) is 18.7 Å². The third kappa shape index (κ3) is 4.16. The van der Waals surface area contributed by atoms with Crippen molar-refractivity contribution in [2.75, 3.05) is 24.5 Å². The minimum absolute atomic E-state index is 0.162. The number of aliphatic carboxylic acids is 1. The third-order valence-electron chi connectivity index (χ3n) is 5.67. The second-order valence-corrected chi connectivity index (χ2v) is 10.2. The van der Waals surface area contributed by atoms with Gasteiger partial charge in [-0.25, -0.2) is 4.98 Å². The van der Waals surface area contributed by atoms with Crippen molar-refractivity contribution in [1.29, 1.82) is 0 Å². The predicted octanol–water partition coefficient (Wildman–Crippen LogP) is 2.77. The Morgan fingerprint density at radius 2 is 2.00 bits per heavy atom. The molecule has 0 radical (unpaired) electrons. The van der Waals surface area contributed by atoms with Gasteiger partial charge < -0.3 is 10.0 Å². The number of thioether (sulfide) groups is 1. The normalized spacial score (nSPS) is 22.9. The molecule has 0 saturated carbocycles. The van der Waals surface area contributed by atoms with Gasteiger partial charge in [-0.1, -0.05) is 43.9 Å². The molecule has 0 aliphatic carbocycles. The number of carboxylic acid groups (broad SMARTS) is 1. The van der Waals surface area contributed by atoms with Gasteiger partial charge in [0.1, 0.15) is 22.3 Å². The number of aromatic nitrogens is 2. The predicted molar refractivity (Wildman–Crippen MR) is 129 cm³/mol. The largest absolute Gasteiger partial charge is 0.480 e. The van der Waals surface area contributed by atoms with E-state index in [-0.39, 0.29) is 14.8 Å². The Hall–Kier alpha value is -2.72. The molecule has 8 nitrogen and oxygen atoms in total. The molecule has 0 bridgehead atoms. The van der Waals surface area contributed by atoms with Crippen LogP contribution in [0.15, 0.2) is 28.0 Å². The van der Waals surface area contributed by atoms with Crippen molar-refractivity contribution in [3.05, 3.63) is 44.7 Å². The number of carbonyl (C=O) groups excluding carboxylic acids is 1. The summed E-state index contributed by atoms with van der Waals surface area (Å²) in [5.41, 5.74) is 1.49. The molecule has 2 aliphatic rings. The Morgan fingerprint density at radius 3 is 2.66 bits per heavy atom. The maximum absolute atomic E-state index is 13.5. The Kier molecular flexibility index (Phi) is 6.09. The van der Waals surface area contributed by atoms with Gasteiger partial charge in [-0.3, -0.25) is 23.7 Å². The number of aryl methyl sites for hydroxylation is 1. The van der Waals surface area contributed by atoms with E-state index in [4.69, 9.17) is 22.3 Å². The average molecular weight is 473 g/mol. The topological polar surface area (TPSA) is 95.2 Å². The van der Waals surface area contributed by atoms with Crippen LogP contribution in [0.5, 0.6) is 0 Å². The molecule has 1 amide bonds. The molecule has 4 rings (SSSR count). The molecule has 10 heteroatoms. The molecule has 2 aromatic heterocycles. The van der Waals surface area contributed by atoms with E-state index in [1.165, 1.54) is 10.5 Å². The summed E-state index contributed by atoms with van der Waals surface area (Å²) in [6.45, 7) is 7.28. The van der Waals surface area contributed by atoms with E-state index in [0.717, 1.165) is 41.7 Å². The summed E-state index contributed by atoms with van der Waals surface area (Å²) in [6.07, 6.45) is 4.28. The van der Waals surface area contributed by atoms with Crippen LogP contribution in [0.4, 0.5) is 5.82 Å². The number of amides is 1. The highest BCUT2D eigenvalue weighted by Crippen LogP contribution is 2.34. The first-order valence-electron chi connectivity index (χ1n) is 10.4. The fourth-order valence-electron chi connectivity index (χ4n) is 4.41. The Bertz CT molecular complexity index is 1210. The van der Waals surface area contributed by atoms with Crippen molar-refractivity contribution < 1.29 is 14.7 Å². The van der Waals surface area contributed by atoms with Crippen LogP contribution in [0, 0.1) is 18.8 Å². The number of thiocarbonyl (C=S) groups is 1. The van der Waals surface area contributed by atoms with E-state index in [0.29, 0.717) is 28.9 Å². The molecule has 32 heavy (non-hydrogen) atoms. The van der Waals surface area contributed by atoms with Crippen molar-refractivity contribution in [3.8, 4) is 0 Å². The molecule has 0 unspecified atom stereocenters. The highest BCUT2D eigenvalue weighted by molar-refractivity contribution is 8.26. The summed E-state index contributed by atoms with van der Waals surface area (Å²) in [5.74, 6) is -0.230. The smallest absolute Gasteiger partial charge is 0.323 e. The quantitative estimate of drug-likeness (QED) is 0.536. The monoisotopic (exact) mass is 472 g/mol. The SMILES string of the molecule is Cc1cccn2c(=O)c(/C=C3/SC(=S)N(CC(=O)O)C3=O)c(N3C[C@H](C)C[C@H](C)C3)nc12. The maximum atomic E-state index is 13.5. The van der Waals surface area contributed by atoms with E-state index in [1.54, 1.807) is 12.3 Å². The van der Waals surface area contributed by atoms with Crippen molar-refractivity contribution >= 4 is 57.7 Å². The standard InChI is InChI=1S/C22H24N4O4S2/c1-12-7-13(2)10-24(9-12)19-15(20(29)25-6-4-5-14(3)18(25)23-19)8-16-21(30)26(11-17(27)28)22(31)32-16/h4-6,8,12-13H,7,9-11H2,1-3H3,(H,27,28)/b16-8+/t12-,13+. The van der Waals surface area contributed by atoms with Crippen LogP contribution in [-0.4, -0.2) is 55.2 Å². The molecule has 1 N–H and O–H groups in total. The second-order valence-electron chi connectivity index (χ2n) is 8.55. The van der Waals surface area contributed by atoms with Gasteiger partial charge >= 0.3 is 5.97 Å². The average Bonchev–Trinajstić information content (AvgIpc) is 2.96. The summed E-state index contributed by atoms with van der Waals surface area (Å²) < 4.78 is 1.65. The lowest BCUT2D eigenvalue weighted by atomic mass is 9.91. The number of hydrogen-bond donors (Lipinski definition) is 1. The number of carbonyl (C=O) groups is 2. The zero-order valence-electron chi connectivity index (χ0n) is 18.1. The molecular formula is C22H24N4O4S2. The molecule has 168 valence electrons.